The Morgan fingerprint density at radius 3 is 2.19 bits per heavy atom. The summed E-state index contributed by atoms with van der Waals surface area (Å²) in [4.78, 5) is 36.0. The average Bonchev–Trinajstić information content (AvgIpc) is 2.74. The molecule has 0 saturated carbocycles. The van der Waals surface area contributed by atoms with Crippen molar-refractivity contribution in [1.82, 2.24) is 10.2 Å². The molecule has 2 aromatic carbocycles. The van der Waals surface area contributed by atoms with Crippen LogP contribution in [0.15, 0.2) is 65.9 Å². The average molecular weight is 448 g/mol. The number of aliphatic hydroxyl groups excluding tert-OH is 1. The summed E-state index contributed by atoms with van der Waals surface area (Å²) in [5, 5.41) is 20.5. The van der Waals surface area contributed by atoms with Crippen LogP contribution in [0.2, 0.25) is 0 Å². The molecular weight excluding hydrogens is 429 g/mol. The van der Waals surface area contributed by atoms with Gasteiger partial charge in [-0.2, -0.15) is 13.2 Å². The summed E-state index contributed by atoms with van der Waals surface area (Å²) in [6, 6.07) is 13.5. The molecule has 0 aliphatic carbocycles. The van der Waals surface area contributed by atoms with Gasteiger partial charge in [0, 0.05) is 13.0 Å². The first-order valence-corrected chi connectivity index (χ1v) is 9.52. The van der Waals surface area contributed by atoms with Gasteiger partial charge in [0.2, 0.25) is 0 Å². The topological polar surface area (TPSA) is 107 Å². The Bertz CT molecular complexity index is 1050. The highest BCUT2D eigenvalue weighted by Gasteiger charge is 2.50. The van der Waals surface area contributed by atoms with Crippen LogP contribution in [0, 0.1) is 0 Å². The lowest BCUT2D eigenvalue weighted by Crippen LogP contribution is -2.53. The first-order valence-electron chi connectivity index (χ1n) is 9.52. The molecule has 3 rings (SSSR count). The summed E-state index contributed by atoms with van der Waals surface area (Å²) in [6.07, 6.45) is -5.86. The van der Waals surface area contributed by atoms with Gasteiger partial charge in [0.25, 0.3) is 11.8 Å². The summed E-state index contributed by atoms with van der Waals surface area (Å²) in [7, 11) is 0. The number of aliphatic hydroxyl groups is 1. The van der Waals surface area contributed by atoms with E-state index in [2.05, 4.69) is 0 Å². The molecule has 1 aliphatic rings. The molecule has 10 heteroatoms. The van der Waals surface area contributed by atoms with E-state index in [1.807, 2.05) is 35.6 Å². The second-order valence-corrected chi connectivity index (χ2v) is 7.16. The quantitative estimate of drug-likeness (QED) is 0.589. The summed E-state index contributed by atoms with van der Waals surface area (Å²) >= 11 is 0. The number of nitrogens with one attached hydrogen (secondary N) is 1. The predicted molar refractivity (Wildman–Crippen MR) is 107 cm³/mol. The van der Waals surface area contributed by atoms with Crippen LogP contribution in [0.3, 0.4) is 0 Å². The van der Waals surface area contributed by atoms with Crippen LogP contribution in [0.4, 0.5) is 13.2 Å². The SMILES string of the molecule is O=C(O)CNC(=O)C1=C(O)CC(C(F)(F)F)N(Cc2ccc(-c3ccccc3)cc2)C1=O. The van der Waals surface area contributed by atoms with Crippen LogP contribution in [-0.2, 0) is 20.9 Å². The fourth-order valence-electron chi connectivity index (χ4n) is 3.38. The van der Waals surface area contributed by atoms with Gasteiger partial charge in [-0.05, 0) is 16.7 Å². The lowest BCUT2D eigenvalue weighted by atomic mass is 9.97. The van der Waals surface area contributed by atoms with E-state index in [4.69, 9.17) is 5.11 Å². The molecule has 1 unspecified atom stereocenters. The van der Waals surface area contributed by atoms with Crippen molar-refractivity contribution >= 4 is 17.8 Å². The van der Waals surface area contributed by atoms with Gasteiger partial charge in [-0.1, -0.05) is 54.6 Å². The van der Waals surface area contributed by atoms with E-state index >= 15 is 0 Å². The number of benzene rings is 2. The van der Waals surface area contributed by atoms with Crippen molar-refractivity contribution in [3.05, 3.63) is 71.5 Å². The molecule has 0 saturated heterocycles. The Kier molecular flexibility index (Phi) is 6.52. The van der Waals surface area contributed by atoms with E-state index in [0.717, 1.165) is 11.1 Å². The lowest BCUT2D eigenvalue weighted by molar-refractivity contribution is -0.193. The number of aliphatic carboxylic acids is 1. The highest BCUT2D eigenvalue weighted by atomic mass is 19.4. The zero-order valence-electron chi connectivity index (χ0n) is 16.6. The molecule has 1 heterocycles. The number of carbonyl (C=O) groups is 3. The molecule has 2 aromatic rings. The van der Waals surface area contributed by atoms with E-state index in [1.54, 1.807) is 24.3 Å². The maximum absolute atomic E-state index is 13.6. The van der Waals surface area contributed by atoms with Crippen molar-refractivity contribution < 1.29 is 37.8 Å². The number of hydrogen-bond acceptors (Lipinski definition) is 4. The first kappa shape index (κ1) is 22.9. The summed E-state index contributed by atoms with van der Waals surface area (Å²) in [5.74, 6) is -5.02. The monoisotopic (exact) mass is 448 g/mol. The lowest BCUT2D eigenvalue weighted by Gasteiger charge is -2.37. The minimum Gasteiger partial charge on any atom is -0.511 e. The van der Waals surface area contributed by atoms with Crippen LogP contribution >= 0.6 is 0 Å². The van der Waals surface area contributed by atoms with Crippen LogP contribution in [0.25, 0.3) is 11.1 Å². The van der Waals surface area contributed by atoms with Crippen molar-refractivity contribution in [2.75, 3.05) is 6.54 Å². The second-order valence-electron chi connectivity index (χ2n) is 7.16. The van der Waals surface area contributed by atoms with Crippen LogP contribution in [0.1, 0.15) is 12.0 Å². The van der Waals surface area contributed by atoms with Crippen molar-refractivity contribution in [3.8, 4) is 11.1 Å². The largest absolute Gasteiger partial charge is 0.511 e. The van der Waals surface area contributed by atoms with Crippen LogP contribution in [-0.4, -0.2) is 51.7 Å². The van der Waals surface area contributed by atoms with E-state index in [1.165, 1.54) is 0 Å². The molecule has 0 radical (unpaired) electrons. The Morgan fingerprint density at radius 1 is 1.03 bits per heavy atom. The Labute approximate surface area is 180 Å². The third kappa shape index (κ3) is 5.08. The Balaban J connectivity index is 1.87. The van der Waals surface area contributed by atoms with Gasteiger partial charge >= 0.3 is 12.1 Å². The molecule has 7 nitrogen and oxygen atoms in total. The highest BCUT2D eigenvalue weighted by Crippen LogP contribution is 2.35. The van der Waals surface area contributed by atoms with Gasteiger partial charge in [-0.25, -0.2) is 0 Å². The van der Waals surface area contributed by atoms with E-state index in [0.29, 0.717) is 10.5 Å². The van der Waals surface area contributed by atoms with E-state index in [-0.39, 0.29) is 0 Å². The standard InChI is InChI=1S/C22H19F3N2O5/c23-22(24,25)17-10-16(28)19(20(31)26-11-18(29)30)21(32)27(17)12-13-6-8-15(9-7-13)14-4-2-1-3-5-14/h1-9,17,28H,10-12H2,(H,26,31)(H,29,30). The smallest absolute Gasteiger partial charge is 0.409 e. The second kappa shape index (κ2) is 9.13. The van der Waals surface area contributed by atoms with Crippen molar-refractivity contribution in [1.29, 1.82) is 0 Å². The molecule has 1 atom stereocenters. The highest BCUT2D eigenvalue weighted by molar-refractivity contribution is 6.19. The molecule has 2 amide bonds. The van der Waals surface area contributed by atoms with Crippen LogP contribution in [0.5, 0.6) is 0 Å². The Hall–Kier alpha value is -3.82. The molecular formula is C22H19F3N2O5. The first-order chi connectivity index (χ1) is 15.1. The number of rotatable bonds is 6. The molecule has 168 valence electrons. The zero-order valence-corrected chi connectivity index (χ0v) is 16.6. The maximum Gasteiger partial charge on any atom is 0.409 e. The molecule has 32 heavy (non-hydrogen) atoms. The summed E-state index contributed by atoms with van der Waals surface area (Å²) in [6.45, 7) is -1.31. The number of carboxylic acids is 1. The number of nitrogens with zero attached hydrogens (tertiary/aromatic N) is 1. The molecule has 1 aliphatic heterocycles. The summed E-state index contributed by atoms with van der Waals surface area (Å²) < 4.78 is 40.8. The fourth-order valence-corrected chi connectivity index (χ4v) is 3.38. The molecule has 0 fully saturated rings. The third-order valence-electron chi connectivity index (χ3n) is 4.95. The van der Waals surface area contributed by atoms with E-state index < -0.39 is 60.8 Å². The van der Waals surface area contributed by atoms with Gasteiger partial charge in [-0.3, -0.25) is 14.4 Å². The predicted octanol–water partition coefficient (Wildman–Crippen LogP) is 3.03. The van der Waals surface area contributed by atoms with E-state index in [9.17, 15) is 32.7 Å². The number of amides is 2. The number of halogens is 3. The third-order valence-corrected chi connectivity index (χ3v) is 4.95. The molecule has 3 N–H and O–H groups in total. The van der Waals surface area contributed by atoms with Gasteiger partial charge in [0.15, 0.2) is 0 Å². The molecule has 0 bridgehead atoms. The summed E-state index contributed by atoms with van der Waals surface area (Å²) in [5.41, 5.74) is 1.23. The van der Waals surface area contributed by atoms with Gasteiger partial charge in [0.05, 0.1) is 0 Å². The molecule has 0 spiro atoms. The van der Waals surface area contributed by atoms with Crippen molar-refractivity contribution in [3.63, 3.8) is 0 Å². The van der Waals surface area contributed by atoms with Gasteiger partial charge in [-0.15, -0.1) is 0 Å². The van der Waals surface area contributed by atoms with Gasteiger partial charge < -0.3 is 20.4 Å². The number of hydrogen-bond donors (Lipinski definition) is 3. The molecule has 0 aromatic heterocycles. The number of alkyl halides is 3. The Morgan fingerprint density at radius 2 is 1.62 bits per heavy atom. The zero-order chi connectivity index (χ0) is 23.5. The van der Waals surface area contributed by atoms with Crippen molar-refractivity contribution in [2.24, 2.45) is 0 Å². The normalized spacial score (nSPS) is 16.8. The maximum atomic E-state index is 13.6. The number of carbonyl (C=O) groups excluding carboxylic acids is 2. The minimum absolute atomic E-state index is 0.388. The van der Waals surface area contributed by atoms with Crippen molar-refractivity contribution in [2.45, 2.75) is 25.2 Å². The van der Waals surface area contributed by atoms with Gasteiger partial charge in [0.1, 0.15) is 23.9 Å². The number of carboxylic acid groups (broad SMARTS) is 1. The van der Waals surface area contributed by atoms with Crippen LogP contribution < -0.4 is 5.32 Å². The minimum atomic E-state index is -4.85. The fraction of sp³-hybridized carbons (Fsp3) is 0.227.